The number of fused-ring (bicyclic) bond motifs is 2. The summed E-state index contributed by atoms with van der Waals surface area (Å²) in [5.41, 5.74) is 2.58. The molecule has 2 saturated heterocycles. The van der Waals surface area contributed by atoms with Crippen molar-refractivity contribution in [3.8, 4) is 28.4 Å². The van der Waals surface area contributed by atoms with Gasteiger partial charge in [0.2, 0.25) is 0 Å². The smallest absolute Gasteiger partial charge is 0.343 e. The van der Waals surface area contributed by atoms with Crippen molar-refractivity contribution in [1.82, 2.24) is 0 Å². The van der Waals surface area contributed by atoms with Gasteiger partial charge in [0.15, 0.2) is 0 Å². The lowest BCUT2D eigenvalue weighted by Gasteiger charge is -2.18. The third-order valence-corrected chi connectivity index (χ3v) is 10.2. The van der Waals surface area contributed by atoms with E-state index in [9.17, 15) is 4.79 Å². The van der Waals surface area contributed by atoms with Gasteiger partial charge in [-0.1, -0.05) is 24.3 Å². The van der Waals surface area contributed by atoms with Crippen molar-refractivity contribution in [2.45, 2.75) is 88.6 Å². The first-order chi connectivity index (χ1) is 24.2. The predicted molar refractivity (Wildman–Crippen MR) is 186 cm³/mol. The van der Waals surface area contributed by atoms with Crippen molar-refractivity contribution in [3.63, 3.8) is 0 Å². The quantitative estimate of drug-likeness (QED) is 0.0548. The van der Waals surface area contributed by atoms with Gasteiger partial charge in [0.05, 0.1) is 43.2 Å². The van der Waals surface area contributed by atoms with Crippen LogP contribution in [0.15, 0.2) is 72.8 Å². The molecule has 0 radical (unpaired) electrons. The monoisotopic (exact) mass is 670 g/mol. The highest BCUT2D eigenvalue weighted by Gasteiger charge is 2.44. The van der Waals surface area contributed by atoms with Crippen molar-refractivity contribution in [3.05, 3.63) is 78.4 Å². The fraction of sp³-hybridized carbons (Fsp3) is 0.537. The lowest BCUT2D eigenvalue weighted by atomic mass is 9.90. The van der Waals surface area contributed by atoms with E-state index in [2.05, 4.69) is 0 Å². The van der Waals surface area contributed by atoms with Crippen LogP contribution in [0.1, 0.15) is 74.6 Å². The summed E-state index contributed by atoms with van der Waals surface area (Å²) in [6.45, 7) is 4.54. The molecule has 2 aliphatic heterocycles. The highest BCUT2D eigenvalue weighted by atomic mass is 16.6. The first-order valence-corrected chi connectivity index (χ1v) is 18.4. The molecule has 7 rings (SSSR count). The van der Waals surface area contributed by atoms with E-state index < -0.39 is 5.97 Å². The fourth-order valence-electron chi connectivity index (χ4n) is 7.08. The Kier molecular flexibility index (Phi) is 11.8. The Morgan fingerprint density at radius 3 is 1.47 bits per heavy atom. The maximum Gasteiger partial charge on any atom is 0.343 e. The van der Waals surface area contributed by atoms with Crippen LogP contribution < -0.4 is 14.2 Å². The van der Waals surface area contributed by atoms with Crippen molar-refractivity contribution >= 4 is 5.97 Å². The van der Waals surface area contributed by atoms with Crippen molar-refractivity contribution in [1.29, 1.82) is 0 Å². The molecule has 2 saturated carbocycles. The zero-order valence-electron chi connectivity index (χ0n) is 28.5. The SMILES string of the molecule is O=C(Oc1ccc(-c2ccc(OCCCCOCC3CCC4OC4C3)cc2)cc1)c1ccc(OCCCCOCC2CCC3OC3C2)cc1. The Bertz CT molecular complexity index is 1460. The lowest BCUT2D eigenvalue weighted by Crippen LogP contribution is -2.18. The zero-order chi connectivity index (χ0) is 33.3. The van der Waals surface area contributed by atoms with Gasteiger partial charge in [-0.3, -0.25) is 0 Å². The second kappa shape index (κ2) is 17.0. The third-order valence-electron chi connectivity index (χ3n) is 10.2. The number of hydrogen-bond acceptors (Lipinski definition) is 8. The molecular formula is C41H50O8. The molecule has 6 atom stereocenters. The Morgan fingerprint density at radius 1 is 0.531 bits per heavy atom. The van der Waals surface area contributed by atoms with E-state index in [4.69, 9.17) is 33.2 Å². The van der Waals surface area contributed by atoms with Crippen LogP contribution in [0.2, 0.25) is 0 Å². The number of benzene rings is 3. The minimum absolute atomic E-state index is 0.401. The van der Waals surface area contributed by atoms with Crippen molar-refractivity contribution < 1.29 is 38.0 Å². The predicted octanol–water partition coefficient (Wildman–Crippen LogP) is 8.06. The second-order valence-electron chi connectivity index (χ2n) is 14.0. The Hall–Kier alpha value is -3.43. The molecule has 4 fully saturated rings. The number of esters is 1. The average Bonchev–Trinajstić information content (AvgIpc) is 4.07. The van der Waals surface area contributed by atoms with E-state index in [-0.39, 0.29) is 0 Å². The van der Waals surface area contributed by atoms with Crippen LogP contribution in [0, 0.1) is 11.8 Å². The molecular weight excluding hydrogens is 620 g/mol. The second-order valence-corrected chi connectivity index (χ2v) is 14.0. The Balaban J connectivity index is 0.742. The number of unbranched alkanes of at least 4 members (excludes halogenated alkanes) is 2. The minimum atomic E-state index is -0.401. The van der Waals surface area contributed by atoms with Gasteiger partial charge in [-0.25, -0.2) is 4.79 Å². The van der Waals surface area contributed by atoms with Gasteiger partial charge < -0.3 is 33.2 Å². The minimum Gasteiger partial charge on any atom is -0.494 e. The molecule has 3 aromatic carbocycles. The molecule has 6 unspecified atom stereocenters. The van der Waals surface area contributed by atoms with Crippen LogP contribution in [0.5, 0.6) is 17.2 Å². The summed E-state index contributed by atoms with van der Waals surface area (Å²) in [6, 6.07) is 22.7. The lowest BCUT2D eigenvalue weighted by molar-refractivity contribution is 0.0734. The highest BCUT2D eigenvalue weighted by molar-refractivity contribution is 5.91. The van der Waals surface area contributed by atoms with Gasteiger partial charge in [-0.2, -0.15) is 0 Å². The molecule has 2 aliphatic carbocycles. The maximum absolute atomic E-state index is 12.7. The van der Waals surface area contributed by atoms with Crippen LogP contribution in [0.25, 0.3) is 11.1 Å². The molecule has 8 heteroatoms. The van der Waals surface area contributed by atoms with Gasteiger partial charge in [-0.15, -0.1) is 0 Å². The topological polar surface area (TPSA) is 88.3 Å². The van der Waals surface area contributed by atoms with Gasteiger partial charge in [0, 0.05) is 26.4 Å². The molecule has 0 bridgehead atoms. The Morgan fingerprint density at radius 2 is 0.980 bits per heavy atom. The molecule has 4 aliphatic rings. The van der Waals surface area contributed by atoms with E-state index in [1.165, 1.54) is 32.1 Å². The van der Waals surface area contributed by atoms with Gasteiger partial charge in [0.25, 0.3) is 0 Å². The number of rotatable bonds is 19. The summed E-state index contributed by atoms with van der Waals surface area (Å²) in [5, 5.41) is 0. The molecule has 0 amide bonds. The summed E-state index contributed by atoms with van der Waals surface area (Å²) in [7, 11) is 0. The standard InChI is InChI=1S/C41H50O8/c42-41(33-11-15-35(16-12-33)46-24-4-2-22-44-28-30-6-20-38-40(26-30)49-38)47-36-17-9-32(10-18-36)31-7-13-34(14-8-31)45-23-3-1-21-43-27-29-5-19-37-39(25-29)48-37/h7-18,29-30,37-40H,1-6,19-28H2. The number of carbonyl (C=O) groups is 1. The van der Waals surface area contributed by atoms with Crippen molar-refractivity contribution in [2.24, 2.45) is 11.8 Å². The highest BCUT2D eigenvalue weighted by Crippen LogP contribution is 2.40. The van der Waals surface area contributed by atoms with Crippen LogP contribution in [-0.2, 0) is 18.9 Å². The summed E-state index contributed by atoms with van der Waals surface area (Å²) in [4.78, 5) is 12.7. The van der Waals surface area contributed by atoms with E-state index in [1.54, 1.807) is 12.1 Å². The normalized spacial score (nSPS) is 25.1. The summed E-state index contributed by atoms with van der Waals surface area (Å²) in [5.74, 6) is 3.01. The third kappa shape index (κ3) is 10.3. The van der Waals surface area contributed by atoms with Crippen LogP contribution in [0.4, 0.5) is 0 Å². The Labute approximate surface area is 290 Å². The van der Waals surface area contributed by atoms with Crippen molar-refractivity contribution in [2.75, 3.05) is 39.6 Å². The summed E-state index contributed by atoms with van der Waals surface area (Å²) in [6.07, 6.45) is 13.2. The number of hydrogen-bond donors (Lipinski definition) is 0. The molecule has 0 spiro atoms. The molecule has 262 valence electrons. The van der Waals surface area contributed by atoms with Gasteiger partial charge in [-0.05, 0) is 136 Å². The van der Waals surface area contributed by atoms with E-state index >= 15 is 0 Å². The number of ether oxygens (including phenoxy) is 7. The number of carbonyl (C=O) groups excluding carboxylic acids is 1. The van der Waals surface area contributed by atoms with E-state index in [1.807, 2.05) is 60.7 Å². The molecule has 49 heavy (non-hydrogen) atoms. The van der Waals surface area contributed by atoms with E-state index in [0.717, 1.165) is 81.2 Å². The first kappa shape index (κ1) is 34.0. The number of epoxide rings is 2. The largest absolute Gasteiger partial charge is 0.494 e. The molecule has 0 N–H and O–H groups in total. The van der Waals surface area contributed by atoms with Gasteiger partial charge >= 0.3 is 5.97 Å². The average molecular weight is 671 g/mol. The van der Waals surface area contributed by atoms with Crippen LogP contribution in [-0.4, -0.2) is 70.0 Å². The fourth-order valence-corrected chi connectivity index (χ4v) is 7.08. The zero-order valence-corrected chi connectivity index (χ0v) is 28.5. The molecule has 2 heterocycles. The van der Waals surface area contributed by atoms with Gasteiger partial charge in [0.1, 0.15) is 17.2 Å². The molecule has 0 aromatic heterocycles. The van der Waals surface area contributed by atoms with Crippen LogP contribution >= 0.6 is 0 Å². The maximum atomic E-state index is 12.7. The summed E-state index contributed by atoms with van der Waals surface area (Å²) >= 11 is 0. The van der Waals surface area contributed by atoms with Crippen LogP contribution in [0.3, 0.4) is 0 Å². The van der Waals surface area contributed by atoms with E-state index in [0.29, 0.717) is 60.8 Å². The molecule has 3 aromatic rings. The summed E-state index contributed by atoms with van der Waals surface area (Å²) < 4.78 is 40.4. The molecule has 8 nitrogen and oxygen atoms in total. The first-order valence-electron chi connectivity index (χ1n) is 18.4.